The van der Waals surface area contributed by atoms with Crippen LogP contribution in [0.1, 0.15) is 0 Å². The molecule has 146 valence electrons. The van der Waals surface area contributed by atoms with Gasteiger partial charge < -0.3 is 43.8 Å². The summed E-state index contributed by atoms with van der Waals surface area (Å²) in [6, 6.07) is -1.63. The lowest BCUT2D eigenvalue weighted by molar-refractivity contribution is -0.138. The van der Waals surface area contributed by atoms with Gasteiger partial charge in [-0.3, -0.25) is 9.59 Å². The van der Waals surface area contributed by atoms with E-state index < -0.39 is 24.0 Å². The van der Waals surface area contributed by atoms with Crippen LogP contribution in [0.4, 0.5) is 0 Å². The Bertz CT molecular complexity index is 275. The lowest BCUT2D eigenvalue weighted by atomic mass is 10.4. The molecule has 0 amide bonds. The quantitative estimate of drug-likeness (QED) is 0.126. The van der Waals surface area contributed by atoms with E-state index in [0.29, 0.717) is 13.1 Å². The SMILES string of the molecule is NC(CS)C(=O)O.NC(CS)C(=O)O.NCCNCCNCCN. The number of carbonyl (C=O) groups is 2. The molecule has 0 radical (unpaired) electrons. The molecule has 0 aliphatic carbocycles. The topological polar surface area (TPSA) is 203 Å². The maximum atomic E-state index is 9.76. The third-order valence-electron chi connectivity index (χ3n) is 2.15. The summed E-state index contributed by atoms with van der Waals surface area (Å²) in [5.41, 5.74) is 20.4. The molecule has 0 saturated carbocycles. The molecule has 2 unspecified atom stereocenters. The summed E-state index contributed by atoms with van der Waals surface area (Å²) in [4.78, 5) is 19.5. The van der Waals surface area contributed by atoms with Crippen LogP contribution < -0.4 is 33.6 Å². The minimum absolute atomic E-state index is 0.190. The molecule has 0 spiro atoms. The Morgan fingerprint density at radius 1 is 0.792 bits per heavy atom. The number of hydrogen-bond acceptors (Lipinski definition) is 10. The molecular formula is C12H32N6O4S2. The molecule has 12 N–H and O–H groups in total. The number of nitrogens with one attached hydrogen (secondary N) is 2. The zero-order valence-electron chi connectivity index (χ0n) is 13.7. The van der Waals surface area contributed by atoms with Crippen molar-refractivity contribution in [3.05, 3.63) is 0 Å². The Hall–Kier alpha value is -0.600. The van der Waals surface area contributed by atoms with Gasteiger partial charge >= 0.3 is 11.9 Å². The standard InChI is InChI=1S/C6H18N4.2C3H7NO2S/c7-1-3-9-5-6-10-4-2-8;2*4-2(1-7)3(5)6/h9-10H,1-8H2;2*2,7H,1,4H2,(H,5,6). The van der Waals surface area contributed by atoms with E-state index in [4.69, 9.17) is 33.1 Å². The Morgan fingerprint density at radius 3 is 1.21 bits per heavy atom. The first-order valence-electron chi connectivity index (χ1n) is 7.28. The highest BCUT2D eigenvalue weighted by atomic mass is 32.1. The van der Waals surface area contributed by atoms with Crippen molar-refractivity contribution in [1.29, 1.82) is 0 Å². The predicted molar refractivity (Wildman–Crippen MR) is 103 cm³/mol. The minimum Gasteiger partial charge on any atom is -0.480 e. The van der Waals surface area contributed by atoms with Crippen LogP contribution in [0.15, 0.2) is 0 Å². The van der Waals surface area contributed by atoms with Crippen molar-refractivity contribution in [1.82, 2.24) is 10.6 Å². The normalized spacial score (nSPS) is 12.1. The molecule has 24 heavy (non-hydrogen) atoms. The fourth-order valence-electron chi connectivity index (χ4n) is 0.787. The highest BCUT2D eigenvalue weighted by Crippen LogP contribution is 1.80. The van der Waals surface area contributed by atoms with Crippen LogP contribution in [0.25, 0.3) is 0 Å². The second-order valence-corrected chi connectivity index (χ2v) is 5.06. The van der Waals surface area contributed by atoms with Crippen LogP contribution in [0.2, 0.25) is 0 Å². The lowest BCUT2D eigenvalue weighted by Gasteiger charge is -2.03. The number of carboxylic acid groups (broad SMARTS) is 2. The van der Waals surface area contributed by atoms with Gasteiger partial charge in [0.05, 0.1) is 0 Å². The van der Waals surface area contributed by atoms with E-state index in [2.05, 4.69) is 35.9 Å². The van der Waals surface area contributed by atoms with Gasteiger partial charge in [-0.15, -0.1) is 0 Å². The van der Waals surface area contributed by atoms with E-state index in [1.54, 1.807) is 0 Å². The van der Waals surface area contributed by atoms with Gasteiger partial charge in [-0.05, 0) is 0 Å². The molecule has 0 aliphatic heterocycles. The predicted octanol–water partition coefficient (Wildman–Crippen LogP) is -3.26. The Balaban J connectivity index is -0.000000283. The van der Waals surface area contributed by atoms with Gasteiger partial charge in [-0.2, -0.15) is 25.3 Å². The largest absolute Gasteiger partial charge is 0.480 e. The van der Waals surface area contributed by atoms with Crippen molar-refractivity contribution >= 4 is 37.2 Å². The van der Waals surface area contributed by atoms with Crippen LogP contribution in [0.3, 0.4) is 0 Å². The Labute approximate surface area is 153 Å². The molecule has 0 saturated heterocycles. The highest BCUT2D eigenvalue weighted by Gasteiger charge is 2.06. The molecule has 0 aromatic carbocycles. The minimum atomic E-state index is -1.00. The van der Waals surface area contributed by atoms with Gasteiger partial charge in [0, 0.05) is 50.8 Å². The van der Waals surface area contributed by atoms with E-state index in [0.717, 1.165) is 26.2 Å². The summed E-state index contributed by atoms with van der Waals surface area (Å²) in [5, 5.41) is 22.3. The summed E-state index contributed by atoms with van der Waals surface area (Å²) in [5.74, 6) is -1.63. The maximum absolute atomic E-state index is 9.76. The second-order valence-electron chi connectivity index (χ2n) is 4.33. The Morgan fingerprint density at radius 2 is 1.08 bits per heavy atom. The third-order valence-corrected chi connectivity index (χ3v) is 2.94. The lowest BCUT2D eigenvalue weighted by Crippen LogP contribution is -2.32. The van der Waals surface area contributed by atoms with Crippen LogP contribution >= 0.6 is 25.3 Å². The van der Waals surface area contributed by atoms with Crippen LogP contribution in [-0.4, -0.2) is 85.0 Å². The van der Waals surface area contributed by atoms with Crippen molar-refractivity contribution < 1.29 is 19.8 Å². The van der Waals surface area contributed by atoms with Crippen molar-refractivity contribution in [2.24, 2.45) is 22.9 Å². The zero-order chi connectivity index (χ0) is 19.4. The van der Waals surface area contributed by atoms with Crippen LogP contribution in [0.5, 0.6) is 0 Å². The molecule has 0 bridgehead atoms. The average molecular weight is 389 g/mol. The number of rotatable bonds is 11. The van der Waals surface area contributed by atoms with Gasteiger partial charge in [0.1, 0.15) is 12.1 Å². The van der Waals surface area contributed by atoms with Gasteiger partial charge in [0.25, 0.3) is 0 Å². The third kappa shape index (κ3) is 26.3. The Kier molecular flexibility index (Phi) is 26.3. The van der Waals surface area contributed by atoms with Crippen molar-refractivity contribution in [2.75, 3.05) is 50.8 Å². The molecule has 10 nitrogen and oxygen atoms in total. The summed E-state index contributed by atoms with van der Waals surface area (Å²) in [7, 11) is 0. The average Bonchev–Trinajstić information content (AvgIpc) is 2.57. The first-order valence-corrected chi connectivity index (χ1v) is 8.54. The van der Waals surface area contributed by atoms with E-state index in [1.807, 2.05) is 0 Å². The highest BCUT2D eigenvalue weighted by molar-refractivity contribution is 7.80. The second kappa shape index (κ2) is 22.4. The number of nitrogens with two attached hydrogens (primary N) is 4. The first-order chi connectivity index (χ1) is 11.3. The van der Waals surface area contributed by atoms with E-state index >= 15 is 0 Å². The number of aliphatic carboxylic acids is 2. The smallest absolute Gasteiger partial charge is 0.321 e. The van der Waals surface area contributed by atoms with Crippen molar-refractivity contribution in [2.45, 2.75) is 12.1 Å². The molecular weight excluding hydrogens is 356 g/mol. The van der Waals surface area contributed by atoms with Crippen molar-refractivity contribution in [3.63, 3.8) is 0 Å². The summed E-state index contributed by atoms with van der Waals surface area (Å²) in [6.07, 6.45) is 0. The molecule has 12 heteroatoms. The monoisotopic (exact) mass is 388 g/mol. The van der Waals surface area contributed by atoms with Crippen LogP contribution in [0, 0.1) is 0 Å². The first kappa shape index (κ1) is 28.2. The fourth-order valence-corrected chi connectivity index (χ4v) is 1.10. The summed E-state index contributed by atoms with van der Waals surface area (Å²) in [6.45, 7) is 5.14. The van der Waals surface area contributed by atoms with Gasteiger partial charge in [0.15, 0.2) is 0 Å². The fraction of sp³-hybridized carbons (Fsp3) is 0.833. The van der Waals surface area contributed by atoms with E-state index in [9.17, 15) is 9.59 Å². The maximum Gasteiger partial charge on any atom is 0.321 e. The number of thiol groups is 2. The van der Waals surface area contributed by atoms with Gasteiger partial charge in [0.2, 0.25) is 0 Å². The van der Waals surface area contributed by atoms with E-state index in [1.165, 1.54) is 0 Å². The van der Waals surface area contributed by atoms with Crippen LogP contribution in [-0.2, 0) is 9.59 Å². The summed E-state index contributed by atoms with van der Waals surface area (Å²) >= 11 is 7.30. The van der Waals surface area contributed by atoms with E-state index in [-0.39, 0.29) is 11.5 Å². The molecule has 0 heterocycles. The zero-order valence-corrected chi connectivity index (χ0v) is 15.5. The van der Waals surface area contributed by atoms with Gasteiger partial charge in [-0.1, -0.05) is 0 Å². The number of carboxylic acids is 2. The molecule has 0 rings (SSSR count). The molecule has 0 aromatic heterocycles. The molecule has 2 atom stereocenters. The summed E-state index contributed by atoms with van der Waals surface area (Å²) < 4.78 is 0. The number of hydrogen-bond donors (Lipinski definition) is 10. The molecule has 0 aromatic rings. The molecule has 0 fully saturated rings. The van der Waals surface area contributed by atoms with Gasteiger partial charge in [-0.25, -0.2) is 0 Å². The molecule has 0 aliphatic rings. The van der Waals surface area contributed by atoms with Crippen molar-refractivity contribution in [3.8, 4) is 0 Å².